The van der Waals surface area contributed by atoms with E-state index in [0.717, 1.165) is 10.9 Å². The number of hydrogen-bond donors (Lipinski definition) is 5. The number of nitrogens with two attached hydrogens (primary N) is 1. The molecule has 4 aromatic rings. The molecule has 1 fully saturated rings. The van der Waals surface area contributed by atoms with E-state index in [0.29, 0.717) is 34.2 Å². The topological polar surface area (TPSA) is 208 Å². The van der Waals surface area contributed by atoms with Crippen LogP contribution in [0, 0.1) is 11.2 Å². The van der Waals surface area contributed by atoms with Crippen molar-refractivity contribution in [3.8, 4) is 23.0 Å². The Morgan fingerprint density at radius 3 is 2.15 bits per heavy atom. The van der Waals surface area contributed by atoms with E-state index in [1.54, 1.807) is 50.7 Å². The maximum atomic E-state index is 13.2. The predicted molar refractivity (Wildman–Crippen MR) is 161 cm³/mol. The van der Waals surface area contributed by atoms with Gasteiger partial charge in [-0.3, -0.25) is 19.4 Å². The normalized spacial score (nSPS) is 17.1. The Morgan fingerprint density at radius 1 is 0.978 bits per heavy atom. The molecule has 1 aliphatic rings. The van der Waals surface area contributed by atoms with Crippen LogP contribution in [0.5, 0.6) is 23.0 Å². The number of benzene rings is 3. The molecule has 2 amide bonds. The van der Waals surface area contributed by atoms with Crippen LogP contribution in [0.3, 0.4) is 0 Å². The maximum absolute atomic E-state index is 13.2. The van der Waals surface area contributed by atoms with Gasteiger partial charge in [-0.15, -0.1) is 0 Å². The minimum atomic E-state index is -1.79. The molecule has 3 aromatic carbocycles. The summed E-state index contributed by atoms with van der Waals surface area (Å²) in [5, 5.41) is 27.6. The lowest BCUT2D eigenvalue weighted by Crippen LogP contribution is -2.37. The molecule has 0 spiro atoms. The molecule has 6 N–H and O–H groups in total. The SMILES string of the molecule is COc1cc2nccc(Oc3ccc(C4CC4(C(N)=O)C(=O)Nc4ccc(F)cc4)cc3)c2cc1OC.O=C(O)CC(O)C(=O)O. The van der Waals surface area contributed by atoms with Crippen LogP contribution in [-0.4, -0.2) is 64.4 Å². The molecule has 1 aromatic heterocycles. The Hall–Kier alpha value is -5.76. The molecule has 46 heavy (non-hydrogen) atoms. The van der Waals surface area contributed by atoms with Crippen molar-refractivity contribution in [3.05, 3.63) is 84.3 Å². The third-order valence-electron chi connectivity index (χ3n) is 7.28. The van der Waals surface area contributed by atoms with Gasteiger partial charge in [0.1, 0.15) is 22.7 Å². The minimum Gasteiger partial charge on any atom is -0.493 e. The summed E-state index contributed by atoms with van der Waals surface area (Å²) in [6.07, 6.45) is -0.618. The number of hydrogen-bond acceptors (Lipinski definition) is 9. The average Bonchev–Trinajstić information content (AvgIpc) is 3.79. The fraction of sp³-hybridized carbons (Fsp3) is 0.219. The van der Waals surface area contributed by atoms with Crippen molar-refractivity contribution in [2.75, 3.05) is 19.5 Å². The number of carboxylic acids is 2. The predicted octanol–water partition coefficient (Wildman–Crippen LogP) is 3.69. The molecule has 5 rings (SSSR count). The molecular formula is C32H30FN3O10. The van der Waals surface area contributed by atoms with E-state index in [-0.39, 0.29) is 12.3 Å². The molecule has 0 radical (unpaired) electrons. The number of methoxy groups -OCH3 is 2. The number of ether oxygens (including phenoxy) is 3. The zero-order valence-electron chi connectivity index (χ0n) is 24.6. The Bertz CT molecular complexity index is 1770. The summed E-state index contributed by atoms with van der Waals surface area (Å²) in [4.78, 5) is 49.1. The van der Waals surface area contributed by atoms with E-state index in [4.69, 9.17) is 35.3 Å². The summed E-state index contributed by atoms with van der Waals surface area (Å²) in [5.74, 6) is -2.60. The van der Waals surface area contributed by atoms with E-state index in [9.17, 15) is 23.6 Å². The molecule has 13 nitrogen and oxygen atoms in total. The highest BCUT2D eigenvalue weighted by molar-refractivity contribution is 6.14. The lowest BCUT2D eigenvalue weighted by molar-refractivity contribution is -0.152. The maximum Gasteiger partial charge on any atom is 0.333 e. The van der Waals surface area contributed by atoms with Crippen LogP contribution in [0.25, 0.3) is 10.9 Å². The van der Waals surface area contributed by atoms with Gasteiger partial charge < -0.3 is 40.6 Å². The second kappa shape index (κ2) is 13.9. The van der Waals surface area contributed by atoms with Gasteiger partial charge in [0.2, 0.25) is 11.8 Å². The summed E-state index contributed by atoms with van der Waals surface area (Å²) < 4.78 is 30.1. The van der Waals surface area contributed by atoms with Crippen molar-refractivity contribution in [2.45, 2.75) is 24.9 Å². The summed E-state index contributed by atoms with van der Waals surface area (Å²) in [5.41, 5.74) is 6.15. The van der Waals surface area contributed by atoms with Crippen LogP contribution in [0.2, 0.25) is 0 Å². The van der Waals surface area contributed by atoms with Crippen molar-refractivity contribution in [1.82, 2.24) is 4.98 Å². The van der Waals surface area contributed by atoms with Gasteiger partial charge >= 0.3 is 11.9 Å². The second-order valence-corrected chi connectivity index (χ2v) is 10.2. The Labute approximate surface area is 261 Å². The molecule has 1 saturated carbocycles. The molecule has 0 saturated heterocycles. The van der Waals surface area contributed by atoms with E-state index < -0.39 is 47.5 Å². The first-order valence-corrected chi connectivity index (χ1v) is 13.7. The quantitative estimate of drug-likeness (QED) is 0.150. The number of carbonyl (C=O) groups is 4. The number of fused-ring (bicyclic) bond motifs is 1. The van der Waals surface area contributed by atoms with Crippen molar-refractivity contribution in [2.24, 2.45) is 11.1 Å². The monoisotopic (exact) mass is 635 g/mol. The smallest absolute Gasteiger partial charge is 0.333 e. The zero-order chi connectivity index (χ0) is 33.6. The summed E-state index contributed by atoms with van der Waals surface area (Å²) in [7, 11) is 3.12. The molecule has 240 valence electrons. The number of carboxylic acid groups (broad SMARTS) is 2. The average molecular weight is 636 g/mol. The Balaban J connectivity index is 0.000000468. The first-order valence-electron chi connectivity index (χ1n) is 13.7. The number of amides is 2. The summed E-state index contributed by atoms with van der Waals surface area (Å²) >= 11 is 0. The molecule has 3 unspecified atom stereocenters. The van der Waals surface area contributed by atoms with Gasteiger partial charge in [0.05, 0.1) is 26.2 Å². The van der Waals surface area contributed by atoms with E-state index in [1.165, 1.54) is 24.3 Å². The van der Waals surface area contributed by atoms with Gasteiger partial charge in [-0.2, -0.15) is 0 Å². The Kier molecular flexibility index (Phi) is 10.0. The lowest BCUT2D eigenvalue weighted by Gasteiger charge is -2.15. The number of halogens is 1. The number of primary amides is 1. The number of aliphatic carboxylic acids is 2. The largest absolute Gasteiger partial charge is 0.493 e. The van der Waals surface area contributed by atoms with Crippen LogP contribution >= 0.6 is 0 Å². The molecule has 1 aliphatic carbocycles. The number of anilines is 1. The fourth-order valence-electron chi connectivity index (χ4n) is 4.76. The number of nitrogens with zero attached hydrogens (tertiary/aromatic N) is 1. The van der Waals surface area contributed by atoms with Crippen molar-refractivity contribution in [3.63, 3.8) is 0 Å². The van der Waals surface area contributed by atoms with Crippen molar-refractivity contribution >= 4 is 40.3 Å². The van der Waals surface area contributed by atoms with Gasteiger partial charge in [-0.05, 0) is 60.5 Å². The minimum absolute atomic E-state index is 0.284. The first-order chi connectivity index (χ1) is 21.9. The number of aliphatic hydroxyl groups excluding tert-OH is 1. The van der Waals surface area contributed by atoms with Crippen LogP contribution in [0.1, 0.15) is 24.3 Å². The number of aromatic nitrogens is 1. The number of rotatable bonds is 11. The van der Waals surface area contributed by atoms with Crippen LogP contribution in [0.15, 0.2) is 72.9 Å². The number of pyridine rings is 1. The van der Waals surface area contributed by atoms with Gasteiger partial charge in [0, 0.05) is 29.3 Å². The highest BCUT2D eigenvalue weighted by atomic mass is 19.1. The molecule has 0 bridgehead atoms. The van der Waals surface area contributed by atoms with E-state index in [2.05, 4.69) is 10.3 Å². The molecule has 3 atom stereocenters. The van der Waals surface area contributed by atoms with Crippen molar-refractivity contribution < 1.29 is 53.1 Å². The lowest BCUT2D eigenvalue weighted by atomic mass is 9.97. The molecule has 14 heteroatoms. The van der Waals surface area contributed by atoms with Crippen LogP contribution < -0.4 is 25.3 Å². The Morgan fingerprint density at radius 2 is 1.61 bits per heavy atom. The molecular weight excluding hydrogens is 605 g/mol. The van der Waals surface area contributed by atoms with E-state index >= 15 is 0 Å². The summed E-state index contributed by atoms with van der Waals surface area (Å²) in [6, 6.07) is 17.8. The van der Waals surface area contributed by atoms with Crippen LogP contribution in [0.4, 0.5) is 10.1 Å². The number of aliphatic hydroxyl groups is 1. The highest BCUT2D eigenvalue weighted by Gasteiger charge is 2.65. The van der Waals surface area contributed by atoms with Crippen LogP contribution in [-0.2, 0) is 19.2 Å². The number of nitrogens with one attached hydrogen (secondary N) is 1. The molecule has 1 heterocycles. The first kappa shape index (κ1) is 33.1. The molecule has 0 aliphatic heterocycles. The van der Waals surface area contributed by atoms with Gasteiger partial charge in [0.25, 0.3) is 0 Å². The van der Waals surface area contributed by atoms with Gasteiger partial charge in [-0.25, -0.2) is 9.18 Å². The number of carbonyl (C=O) groups excluding carboxylic acids is 2. The third kappa shape index (κ3) is 7.30. The van der Waals surface area contributed by atoms with Gasteiger partial charge in [0.15, 0.2) is 17.6 Å². The van der Waals surface area contributed by atoms with Crippen molar-refractivity contribution in [1.29, 1.82) is 0 Å². The fourth-order valence-corrected chi connectivity index (χ4v) is 4.76. The zero-order valence-corrected chi connectivity index (χ0v) is 24.6. The summed E-state index contributed by atoms with van der Waals surface area (Å²) in [6.45, 7) is 0. The van der Waals surface area contributed by atoms with Gasteiger partial charge in [-0.1, -0.05) is 12.1 Å². The highest BCUT2D eigenvalue weighted by Crippen LogP contribution is 2.60. The standard InChI is InChI=1S/C28H24FN3O5.C4H6O5/c1-35-24-13-20-22(14-25(24)36-2)31-12-11-23(20)37-19-9-3-16(4-10-19)21-15-28(21,26(30)33)27(34)32-18-7-5-17(29)6-8-18;5-2(4(8)9)1-3(6)7/h3-14,21H,15H2,1-2H3,(H2,30,33)(H,32,34);2,5H,1H2,(H,6,7)(H,8,9). The second-order valence-electron chi connectivity index (χ2n) is 10.2. The third-order valence-corrected chi connectivity index (χ3v) is 7.28. The van der Waals surface area contributed by atoms with E-state index in [1.807, 2.05) is 12.1 Å².